The number of carboxylic acid groups (broad SMARTS) is 1. The predicted octanol–water partition coefficient (Wildman–Crippen LogP) is -3.36. The van der Waals surface area contributed by atoms with Gasteiger partial charge >= 0.3 is 5.97 Å². The van der Waals surface area contributed by atoms with E-state index in [9.17, 15) is 29.1 Å². The summed E-state index contributed by atoms with van der Waals surface area (Å²) in [4.78, 5) is 65.7. The van der Waals surface area contributed by atoms with Gasteiger partial charge < -0.3 is 37.5 Å². The number of rotatable bonds is 12. The Balaban J connectivity index is 2.74. The van der Waals surface area contributed by atoms with Gasteiger partial charge in [-0.05, 0) is 6.92 Å². The number of thiol groups is 1. The van der Waals surface area contributed by atoms with Gasteiger partial charge in [-0.25, -0.2) is 9.78 Å². The topological polar surface area (TPSA) is 222 Å². The van der Waals surface area contributed by atoms with Gasteiger partial charge in [-0.2, -0.15) is 12.6 Å². The van der Waals surface area contributed by atoms with E-state index in [-0.39, 0.29) is 12.2 Å². The summed E-state index contributed by atoms with van der Waals surface area (Å²) in [7, 11) is 0. The molecule has 4 unspecified atom stereocenters. The van der Waals surface area contributed by atoms with Crippen LogP contribution in [0, 0.1) is 0 Å². The van der Waals surface area contributed by atoms with Gasteiger partial charge in [-0.15, -0.1) is 0 Å². The summed E-state index contributed by atoms with van der Waals surface area (Å²) in [5, 5.41) is 16.2. The summed E-state index contributed by atoms with van der Waals surface area (Å²) in [5.41, 5.74) is 11.1. The first-order valence-electron chi connectivity index (χ1n) is 8.81. The zero-order valence-corrected chi connectivity index (χ0v) is 17.0. The van der Waals surface area contributed by atoms with Crippen molar-refractivity contribution in [1.82, 2.24) is 25.9 Å². The van der Waals surface area contributed by atoms with Crippen LogP contribution in [-0.4, -0.2) is 74.6 Å². The van der Waals surface area contributed by atoms with E-state index in [1.54, 1.807) is 0 Å². The van der Waals surface area contributed by atoms with E-state index in [4.69, 9.17) is 11.5 Å². The molecule has 0 fully saturated rings. The lowest BCUT2D eigenvalue weighted by atomic mass is 10.1. The van der Waals surface area contributed by atoms with Crippen LogP contribution in [0.4, 0.5) is 0 Å². The van der Waals surface area contributed by atoms with Crippen molar-refractivity contribution in [2.24, 2.45) is 11.5 Å². The zero-order valence-electron chi connectivity index (χ0n) is 16.1. The van der Waals surface area contributed by atoms with Crippen molar-refractivity contribution in [3.8, 4) is 0 Å². The number of hydrogen-bond donors (Lipinski definition) is 8. The second kappa shape index (κ2) is 11.8. The van der Waals surface area contributed by atoms with Crippen LogP contribution in [0.15, 0.2) is 12.5 Å². The number of amides is 4. The number of nitrogens with one attached hydrogen (secondary N) is 4. The lowest BCUT2D eigenvalue weighted by Crippen LogP contribution is -2.57. The molecule has 0 saturated carbocycles. The highest BCUT2D eigenvalue weighted by atomic mass is 32.1. The molecule has 0 aliphatic carbocycles. The van der Waals surface area contributed by atoms with Gasteiger partial charge in [0.1, 0.15) is 18.1 Å². The molecule has 1 aromatic heterocycles. The molecule has 30 heavy (non-hydrogen) atoms. The Morgan fingerprint density at radius 3 is 2.27 bits per heavy atom. The lowest BCUT2D eigenvalue weighted by molar-refractivity contribution is -0.142. The van der Waals surface area contributed by atoms with Gasteiger partial charge in [-0.1, -0.05) is 0 Å². The molecule has 4 amide bonds. The number of H-pyrrole nitrogens is 1. The molecule has 0 radical (unpaired) electrons. The van der Waals surface area contributed by atoms with Crippen LogP contribution < -0.4 is 27.4 Å². The quantitative estimate of drug-likeness (QED) is 0.152. The first-order chi connectivity index (χ1) is 14.0. The van der Waals surface area contributed by atoms with Gasteiger partial charge in [0.2, 0.25) is 23.6 Å². The summed E-state index contributed by atoms with van der Waals surface area (Å²) in [6, 6.07) is -4.83. The lowest BCUT2D eigenvalue weighted by Gasteiger charge is -2.22. The van der Waals surface area contributed by atoms with E-state index >= 15 is 0 Å². The maximum Gasteiger partial charge on any atom is 0.326 e. The van der Waals surface area contributed by atoms with Crippen molar-refractivity contribution in [2.75, 3.05) is 5.75 Å². The van der Waals surface area contributed by atoms with Crippen LogP contribution in [0.25, 0.3) is 0 Å². The van der Waals surface area contributed by atoms with E-state index in [0.29, 0.717) is 5.69 Å². The Morgan fingerprint density at radius 2 is 1.77 bits per heavy atom. The van der Waals surface area contributed by atoms with Crippen molar-refractivity contribution in [1.29, 1.82) is 0 Å². The second-order valence-corrected chi connectivity index (χ2v) is 6.80. The van der Waals surface area contributed by atoms with Crippen molar-refractivity contribution < 1.29 is 29.1 Å². The van der Waals surface area contributed by atoms with Gasteiger partial charge in [-0.3, -0.25) is 19.2 Å². The molecule has 14 heteroatoms. The fourth-order valence-electron chi connectivity index (χ4n) is 2.26. The predicted molar refractivity (Wildman–Crippen MR) is 107 cm³/mol. The van der Waals surface area contributed by atoms with Crippen molar-refractivity contribution in [3.63, 3.8) is 0 Å². The third-order valence-electron chi connectivity index (χ3n) is 3.92. The number of primary amides is 1. The fourth-order valence-corrected chi connectivity index (χ4v) is 2.43. The Hall–Kier alpha value is -3.13. The highest BCUT2D eigenvalue weighted by Gasteiger charge is 2.29. The highest BCUT2D eigenvalue weighted by Crippen LogP contribution is 2.01. The van der Waals surface area contributed by atoms with Crippen molar-refractivity contribution >= 4 is 42.2 Å². The van der Waals surface area contributed by atoms with E-state index in [2.05, 4.69) is 38.5 Å². The smallest absolute Gasteiger partial charge is 0.326 e. The number of nitrogens with zero attached hydrogens (tertiary/aromatic N) is 1. The van der Waals surface area contributed by atoms with Gasteiger partial charge in [0.25, 0.3) is 0 Å². The largest absolute Gasteiger partial charge is 0.480 e. The molecule has 9 N–H and O–H groups in total. The molecule has 13 nitrogen and oxygen atoms in total. The molecular formula is C16H25N7O6S. The van der Waals surface area contributed by atoms with Gasteiger partial charge in [0.05, 0.1) is 18.8 Å². The molecule has 4 atom stereocenters. The maximum absolute atomic E-state index is 12.4. The molecule has 0 saturated heterocycles. The summed E-state index contributed by atoms with van der Waals surface area (Å²) >= 11 is 3.88. The molecule has 0 aliphatic rings. The normalized spacial score (nSPS) is 14.6. The fraction of sp³-hybridized carbons (Fsp3) is 0.500. The molecule has 1 heterocycles. The van der Waals surface area contributed by atoms with E-state index in [1.807, 2.05) is 0 Å². The SMILES string of the molecule is CC(NC(=O)C(CC(N)=O)NC(=O)C(N)CS)C(=O)NC(Cc1cnc[nH]1)C(=O)O. The number of carbonyl (C=O) groups is 5. The number of nitrogens with two attached hydrogens (primary N) is 2. The monoisotopic (exact) mass is 443 g/mol. The molecule has 1 aromatic rings. The number of imidazole rings is 1. The summed E-state index contributed by atoms with van der Waals surface area (Å²) in [6.07, 6.45) is 2.21. The Kier molecular flexibility index (Phi) is 9.77. The maximum atomic E-state index is 12.4. The number of aliphatic carboxylic acids is 1. The third kappa shape index (κ3) is 8.08. The molecular weight excluding hydrogens is 418 g/mol. The first kappa shape index (κ1) is 24.9. The van der Waals surface area contributed by atoms with Crippen LogP contribution in [0.3, 0.4) is 0 Å². The minimum absolute atomic E-state index is 0.00244. The zero-order chi connectivity index (χ0) is 22.8. The van der Waals surface area contributed by atoms with Crippen molar-refractivity contribution in [3.05, 3.63) is 18.2 Å². The van der Waals surface area contributed by atoms with E-state index in [0.717, 1.165) is 0 Å². The minimum Gasteiger partial charge on any atom is -0.480 e. The Bertz CT molecular complexity index is 772. The first-order valence-corrected chi connectivity index (χ1v) is 9.44. The minimum atomic E-state index is -1.36. The van der Waals surface area contributed by atoms with Crippen LogP contribution in [0.5, 0.6) is 0 Å². The summed E-state index contributed by atoms with van der Waals surface area (Å²) in [5.74, 6) is -4.52. The van der Waals surface area contributed by atoms with Crippen LogP contribution in [0.2, 0.25) is 0 Å². The molecule has 0 aromatic carbocycles. The number of aromatic nitrogens is 2. The molecule has 0 aliphatic heterocycles. The van der Waals surface area contributed by atoms with Gasteiger partial charge in [0.15, 0.2) is 0 Å². The standard InChI is InChI=1S/C16H25N7O6S/c1-7(13(25)23-11(16(28)29)2-8-4-19-6-20-8)21-15(27)10(3-12(18)24)22-14(26)9(17)5-30/h4,6-7,9-11,30H,2-3,5,17H2,1H3,(H2,18,24)(H,19,20)(H,21,27)(H,22,26)(H,23,25)(H,28,29). The molecule has 1 rings (SSSR count). The molecule has 166 valence electrons. The number of hydrogen-bond acceptors (Lipinski definition) is 8. The number of aromatic amines is 1. The summed E-state index contributed by atoms with van der Waals surface area (Å²) < 4.78 is 0. The molecule has 0 spiro atoms. The number of carboxylic acids is 1. The third-order valence-corrected chi connectivity index (χ3v) is 4.31. The molecule has 0 bridgehead atoms. The Morgan fingerprint density at radius 1 is 1.13 bits per heavy atom. The summed E-state index contributed by atoms with van der Waals surface area (Å²) in [6.45, 7) is 1.31. The van der Waals surface area contributed by atoms with E-state index in [1.165, 1.54) is 19.4 Å². The second-order valence-electron chi connectivity index (χ2n) is 6.43. The van der Waals surface area contributed by atoms with Crippen LogP contribution in [0.1, 0.15) is 19.0 Å². The average Bonchev–Trinajstić information content (AvgIpc) is 3.18. The Labute approximate surface area is 177 Å². The van der Waals surface area contributed by atoms with Gasteiger partial charge in [0, 0.05) is 24.1 Å². The number of carbonyl (C=O) groups excluding carboxylic acids is 4. The highest BCUT2D eigenvalue weighted by molar-refractivity contribution is 7.80. The van der Waals surface area contributed by atoms with Crippen LogP contribution >= 0.6 is 12.6 Å². The van der Waals surface area contributed by atoms with Crippen LogP contribution in [-0.2, 0) is 30.4 Å². The average molecular weight is 443 g/mol. The van der Waals surface area contributed by atoms with Crippen molar-refractivity contribution in [2.45, 2.75) is 43.9 Å². The van der Waals surface area contributed by atoms with E-state index < -0.39 is 60.2 Å².